The summed E-state index contributed by atoms with van der Waals surface area (Å²) in [5, 5.41) is 11.8. The molecule has 144 valence electrons. The Hall–Kier alpha value is -1.79. The molecule has 1 aliphatic rings. The summed E-state index contributed by atoms with van der Waals surface area (Å²) in [7, 11) is 0. The quantitative estimate of drug-likeness (QED) is 0.457. The fourth-order valence-electron chi connectivity index (χ4n) is 3.25. The summed E-state index contributed by atoms with van der Waals surface area (Å²) in [5.74, 6) is -1.24. The van der Waals surface area contributed by atoms with Crippen molar-refractivity contribution >= 4 is 18.0 Å². The van der Waals surface area contributed by atoms with Crippen LogP contribution in [0.25, 0.3) is 0 Å². The highest BCUT2D eigenvalue weighted by Gasteiger charge is 2.35. The van der Waals surface area contributed by atoms with Gasteiger partial charge in [0.15, 0.2) is 0 Å². The third kappa shape index (κ3) is 8.23. The summed E-state index contributed by atoms with van der Waals surface area (Å²) >= 11 is 0. The summed E-state index contributed by atoms with van der Waals surface area (Å²) in [4.78, 5) is 34.8. The highest BCUT2D eigenvalue weighted by atomic mass is 16.7. The number of carbonyl (C=O) groups is 3. The van der Waals surface area contributed by atoms with Crippen LogP contribution in [-0.4, -0.2) is 36.0 Å². The maximum atomic E-state index is 12.1. The van der Waals surface area contributed by atoms with Gasteiger partial charge in [-0.05, 0) is 31.1 Å². The number of carboxylic acid groups (broad SMARTS) is 1. The van der Waals surface area contributed by atoms with Crippen molar-refractivity contribution in [2.45, 2.75) is 84.3 Å². The standard InChI is InChI=1S/C18H31NO6/c1-3-8-15(22)24-16(9-4-2)25-17(23)19-13-18(12-14(20)21)10-6-5-7-11-18/h16H,3-13H2,1-2H3,(H,19,23)(H,20,21). The molecule has 0 aromatic rings. The van der Waals surface area contributed by atoms with Crippen LogP contribution in [0.5, 0.6) is 0 Å². The first-order valence-electron chi connectivity index (χ1n) is 9.26. The van der Waals surface area contributed by atoms with E-state index < -0.39 is 23.8 Å². The number of carboxylic acids is 1. The van der Waals surface area contributed by atoms with Crippen LogP contribution >= 0.6 is 0 Å². The van der Waals surface area contributed by atoms with Crippen molar-refractivity contribution < 1.29 is 29.0 Å². The molecule has 7 nitrogen and oxygen atoms in total. The largest absolute Gasteiger partial charge is 0.481 e. The Morgan fingerprint density at radius 3 is 2.32 bits per heavy atom. The Labute approximate surface area is 149 Å². The molecule has 0 spiro atoms. The topological polar surface area (TPSA) is 102 Å². The molecule has 1 aliphatic carbocycles. The lowest BCUT2D eigenvalue weighted by atomic mass is 9.72. The number of rotatable bonds is 10. The number of alkyl carbamates (subject to hydrolysis) is 1. The maximum absolute atomic E-state index is 12.1. The van der Waals surface area contributed by atoms with Gasteiger partial charge in [-0.25, -0.2) is 4.79 Å². The van der Waals surface area contributed by atoms with Crippen molar-refractivity contribution in [2.75, 3.05) is 6.54 Å². The number of hydrogen-bond acceptors (Lipinski definition) is 5. The lowest BCUT2D eigenvalue weighted by Gasteiger charge is -2.36. The van der Waals surface area contributed by atoms with Gasteiger partial charge >= 0.3 is 18.0 Å². The zero-order chi connectivity index (χ0) is 18.7. The second kappa shape index (κ2) is 10.9. The van der Waals surface area contributed by atoms with E-state index in [1.807, 2.05) is 13.8 Å². The van der Waals surface area contributed by atoms with Crippen molar-refractivity contribution in [3.63, 3.8) is 0 Å². The summed E-state index contributed by atoms with van der Waals surface area (Å²) in [6, 6.07) is 0. The van der Waals surface area contributed by atoms with E-state index in [1.54, 1.807) is 0 Å². The average Bonchev–Trinajstić information content (AvgIpc) is 2.54. The van der Waals surface area contributed by atoms with E-state index in [0.29, 0.717) is 19.3 Å². The van der Waals surface area contributed by atoms with E-state index in [4.69, 9.17) is 14.6 Å². The molecule has 1 amide bonds. The highest BCUT2D eigenvalue weighted by molar-refractivity contribution is 5.71. The summed E-state index contributed by atoms with van der Waals surface area (Å²) in [5.41, 5.74) is -0.414. The lowest BCUT2D eigenvalue weighted by molar-refractivity contribution is -0.169. The number of nitrogens with one attached hydrogen (secondary N) is 1. The van der Waals surface area contributed by atoms with Gasteiger partial charge in [-0.3, -0.25) is 9.59 Å². The Morgan fingerprint density at radius 1 is 1.08 bits per heavy atom. The van der Waals surface area contributed by atoms with Gasteiger partial charge < -0.3 is 19.9 Å². The van der Waals surface area contributed by atoms with Crippen LogP contribution in [0.3, 0.4) is 0 Å². The third-order valence-electron chi connectivity index (χ3n) is 4.53. The van der Waals surface area contributed by atoms with Crippen LogP contribution < -0.4 is 5.32 Å². The second-order valence-electron chi connectivity index (χ2n) is 6.85. The average molecular weight is 357 g/mol. The number of hydrogen-bond donors (Lipinski definition) is 2. The zero-order valence-corrected chi connectivity index (χ0v) is 15.3. The third-order valence-corrected chi connectivity index (χ3v) is 4.53. The zero-order valence-electron chi connectivity index (χ0n) is 15.3. The molecule has 1 atom stereocenters. The maximum Gasteiger partial charge on any atom is 0.410 e. The predicted molar refractivity (Wildman–Crippen MR) is 92.0 cm³/mol. The van der Waals surface area contributed by atoms with Gasteiger partial charge in [0.1, 0.15) is 0 Å². The van der Waals surface area contributed by atoms with Crippen molar-refractivity contribution in [1.29, 1.82) is 0 Å². The van der Waals surface area contributed by atoms with E-state index in [2.05, 4.69) is 5.32 Å². The molecular formula is C18H31NO6. The van der Waals surface area contributed by atoms with Gasteiger partial charge in [0.25, 0.3) is 0 Å². The normalized spacial score (nSPS) is 17.4. The molecule has 0 saturated heterocycles. The van der Waals surface area contributed by atoms with Crippen LogP contribution in [-0.2, 0) is 19.1 Å². The first-order chi connectivity index (χ1) is 11.9. The Kier molecular flexibility index (Phi) is 9.31. The van der Waals surface area contributed by atoms with Crippen molar-refractivity contribution in [2.24, 2.45) is 5.41 Å². The molecule has 0 bridgehead atoms. The molecule has 0 heterocycles. The van der Waals surface area contributed by atoms with Gasteiger partial charge in [0.2, 0.25) is 6.29 Å². The van der Waals surface area contributed by atoms with Gasteiger partial charge in [0, 0.05) is 19.4 Å². The van der Waals surface area contributed by atoms with E-state index in [0.717, 1.165) is 32.1 Å². The highest BCUT2D eigenvalue weighted by Crippen LogP contribution is 2.38. The molecule has 1 fully saturated rings. The van der Waals surface area contributed by atoms with Gasteiger partial charge in [0.05, 0.1) is 6.42 Å². The Balaban J connectivity index is 2.53. The van der Waals surface area contributed by atoms with Crippen LogP contribution in [0, 0.1) is 5.41 Å². The van der Waals surface area contributed by atoms with E-state index >= 15 is 0 Å². The molecule has 1 rings (SSSR count). The van der Waals surface area contributed by atoms with Gasteiger partial charge in [-0.15, -0.1) is 0 Å². The summed E-state index contributed by atoms with van der Waals surface area (Å²) in [6.07, 6.45) is 5.16. The van der Waals surface area contributed by atoms with Crippen LogP contribution in [0.2, 0.25) is 0 Å². The number of esters is 1. The summed E-state index contributed by atoms with van der Waals surface area (Å²) < 4.78 is 10.4. The lowest BCUT2D eigenvalue weighted by Crippen LogP contribution is -2.42. The first kappa shape index (κ1) is 21.3. The monoisotopic (exact) mass is 357 g/mol. The van der Waals surface area contributed by atoms with Crippen molar-refractivity contribution in [1.82, 2.24) is 5.32 Å². The molecule has 0 aliphatic heterocycles. The van der Waals surface area contributed by atoms with E-state index in [1.165, 1.54) is 0 Å². The minimum atomic E-state index is -0.897. The predicted octanol–water partition coefficient (Wildman–Crippen LogP) is 3.61. The molecule has 7 heteroatoms. The molecule has 0 aromatic heterocycles. The minimum Gasteiger partial charge on any atom is -0.481 e. The Bertz CT molecular complexity index is 445. The molecule has 25 heavy (non-hydrogen) atoms. The number of carbonyl (C=O) groups excluding carboxylic acids is 2. The number of aliphatic carboxylic acids is 1. The fraction of sp³-hybridized carbons (Fsp3) is 0.833. The molecule has 1 unspecified atom stereocenters. The van der Waals surface area contributed by atoms with Crippen LogP contribution in [0.15, 0.2) is 0 Å². The van der Waals surface area contributed by atoms with Gasteiger partial charge in [-0.1, -0.05) is 33.1 Å². The SMILES string of the molecule is CCCC(=O)OC(CCC)OC(=O)NCC1(CC(=O)O)CCCCC1. The first-order valence-corrected chi connectivity index (χ1v) is 9.26. The van der Waals surface area contributed by atoms with Gasteiger partial charge in [-0.2, -0.15) is 0 Å². The molecule has 2 N–H and O–H groups in total. The van der Waals surface area contributed by atoms with Crippen molar-refractivity contribution in [3.8, 4) is 0 Å². The molecule has 1 saturated carbocycles. The molecule has 0 radical (unpaired) electrons. The second-order valence-corrected chi connectivity index (χ2v) is 6.85. The smallest absolute Gasteiger partial charge is 0.410 e. The fourth-order valence-corrected chi connectivity index (χ4v) is 3.25. The minimum absolute atomic E-state index is 0.0388. The van der Waals surface area contributed by atoms with E-state index in [-0.39, 0.29) is 25.4 Å². The van der Waals surface area contributed by atoms with Crippen LogP contribution in [0.4, 0.5) is 4.79 Å². The molecule has 0 aromatic carbocycles. The van der Waals surface area contributed by atoms with E-state index in [9.17, 15) is 14.4 Å². The summed E-state index contributed by atoms with van der Waals surface area (Å²) in [6.45, 7) is 4.04. The molecular weight excluding hydrogens is 326 g/mol. The van der Waals surface area contributed by atoms with Crippen molar-refractivity contribution in [3.05, 3.63) is 0 Å². The Morgan fingerprint density at radius 2 is 1.76 bits per heavy atom. The number of amides is 1. The number of ether oxygens (including phenoxy) is 2. The van der Waals surface area contributed by atoms with Crippen LogP contribution in [0.1, 0.15) is 78.1 Å².